The van der Waals surface area contributed by atoms with E-state index in [2.05, 4.69) is 5.32 Å². The quantitative estimate of drug-likeness (QED) is 0.376. The molecule has 5 rings (SSSR count). The maximum atomic E-state index is 13.7. The first-order chi connectivity index (χ1) is 17.6. The summed E-state index contributed by atoms with van der Waals surface area (Å²) in [4.78, 5) is 52.5. The number of fused-ring (bicyclic) bond motifs is 3. The molecule has 11 heteroatoms. The number of ether oxygens (including phenoxy) is 1. The molecule has 0 bridgehead atoms. The van der Waals surface area contributed by atoms with Crippen molar-refractivity contribution in [3.05, 3.63) is 70.5 Å². The minimum Gasteiger partial charge on any atom is -0.511 e. The lowest BCUT2D eigenvalue weighted by Gasteiger charge is -2.44. The largest absolute Gasteiger partial charge is 0.511 e. The molecule has 4 unspecified atom stereocenters. The van der Waals surface area contributed by atoms with Gasteiger partial charge in [0.15, 0.2) is 11.6 Å². The molecule has 1 heterocycles. The van der Waals surface area contributed by atoms with Gasteiger partial charge in [-0.1, -0.05) is 18.2 Å². The van der Waals surface area contributed by atoms with Gasteiger partial charge in [0.2, 0.25) is 0 Å². The van der Waals surface area contributed by atoms with E-state index in [1.807, 2.05) is 0 Å². The Labute approximate surface area is 214 Å². The van der Waals surface area contributed by atoms with Crippen LogP contribution in [0.25, 0.3) is 5.76 Å². The van der Waals surface area contributed by atoms with E-state index in [9.17, 15) is 34.5 Å². The van der Waals surface area contributed by atoms with E-state index >= 15 is 0 Å². The summed E-state index contributed by atoms with van der Waals surface area (Å²) in [6.07, 6.45) is 0.0828. The normalized spacial score (nSPS) is 24.7. The maximum absolute atomic E-state index is 13.7. The van der Waals surface area contributed by atoms with Crippen LogP contribution in [0, 0.1) is 11.8 Å². The van der Waals surface area contributed by atoms with Crippen LogP contribution < -0.4 is 15.8 Å². The number of benzene rings is 2. The highest BCUT2D eigenvalue weighted by molar-refractivity contribution is 8.00. The van der Waals surface area contributed by atoms with Gasteiger partial charge in [-0.2, -0.15) is 0 Å². The number of hydrogen-bond donors (Lipinski definition) is 5. The van der Waals surface area contributed by atoms with Crippen molar-refractivity contribution in [2.75, 3.05) is 7.11 Å². The minimum atomic E-state index is -1.41. The minimum absolute atomic E-state index is 0.0447. The fraction of sp³-hybridized carbons (Fsp3) is 0.231. The second kappa shape index (κ2) is 9.00. The number of nitrogens with one attached hydrogen (secondary N) is 1. The number of amides is 2. The highest BCUT2D eigenvalue weighted by Crippen LogP contribution is 2.53. The molecule has 3 aliphatic rings. The van der Waals surface area contributed by atoms with Crippen LogP contribution in [0.3, 0.4) is 0 Å². The molecule has 1 fully saturated rings. The number of allylic oxidation sites excluding steroid dienone is 1. The highest BCUT2D eigenvalue weighted by Gasteiger charge is 2.55. The summed E-state index contributed by atoms with van der Waals surface area (Å²) in [5, 5.41) is 34.4. The molecule has 0 saturated heterocycles. The molecule has 2 aromatic rings. The van der Waals surface area contributed by atoms with E-state index in [0.29, 0.717) is 10.6 Å². The molecule has 6 N–H and O–H groups in total. The van der Waals surface area contributed by atoms with Gasteiger partial charge in [-0.25, -0.2) is 0 Å². The number of primary amides is 1. The molecule has 37 heavy (non-hydrogen) atoms. The number of phenolic OH excluding ortho intramolecular Hbond substituents is 1. The number of aliphatic hydroxyl groups is 2. The molecule has 190 valence electrons. The van der Waals surface area contributed by atoms with Gasteiger partial charge >= 0.3 is 0 Å². The number of carbonyl (C=O) groups excluding carboxylic acids is 4. The van der Waals surface area contributed by atoms with Crippen LogP contribution in [0.2, 0.25) is 0 Å². The summed E-state index contributed by atoms with van der Waals surface area (Å²) in [7, 11) is 1.42. The van der Waals surface area contributed by atoms with Gasteiger partial charge in [0, 0.05) is 27.7 Å². The van der Waals surface area contributed by atoms with Crippen LogP contribution in [0.1, 0.15) is 22.3 Å². The van der Waals surface area contributed by atoms with Gasteiger partial charge < -0.3 is 31.1 Å². The molecule has 0 radical (unpaired) electrons. The van der Waals surface area contributed by atoms with Crippen LogP contribution in [0.15, 0.2) is 64.3 Å². The zero-order valence-corrected chi connectivity index (χ0v) is 20.2. The second-order valence-electron chi connectivity index (χ2n) is 8.94. The number of ketones is 2. The summed E-state index contributed by atoms with van der Waals surface area (Å²) in [5.74, 6) is -6.99. The average molecular weight is 523 g/mol. The number of thioether (sulfide) groups is 1. The van der Waals surface area contributed by atoms with Crippen LogP contribution in [-0.2, 0) is 14.4 Å². The first-order valence-corrected chi connectivity index (χ1v) is 12.2. The van der Waals surface area contributed by atoms with E-state index in [4.69, 9.17) is 10.5 Å². The molecule has 2 amide bonds. The molecule has 10 nitrogen and oxygen atoms in total. The van der Waals surface area contributed by atoms with Gasteiger partial charge in [0.1, 0.15) is 28.6 Å². The van der Waals surface area contributed by atoms with Crippen LogP contribution >= 0.6 is 11.8 Å². The van der Waals surface area contributed by atoms with Gasteiger partial charge in [-0.15, -0.1) is 11.8 Å². The summed E-state index contributed by atoms with van der Waals surface area (Å²) >= 11 is 1.18. The van der Waals surface area contributed by atoms with E-state index in [1.165, 1.54) is 24.9 Å². The van der Waals surface area contributed by atoms with E-state index in [-0.39, 0.29) is 28.9 Å². The second-order valence-corrected chi connectivity index (χ2v) is 10.2. The van der Waals surface area contributed by atoms with Crippen molar-refractivity contribution < 1.29 is 39.2 Å². The standard InChI is InChI=1S/C26H22N2O8S/c1-36-11-7-13(29)17-14(8-11)37-15-9-12-16(21(30)18(15)23(17)32)22(31)19(25(27)34)24(33)20(12)28-26(35)10-5-3-2-4-6-10/h2-8,12,15-16,20,29,31-32H,9H2,1H3,(H2,27,34)(H,28,35). The number of rotatable bonds is 4. The summed E-state index contributed by atoms with van der Waals surface area (Å²) in [5.41, 5.74) is 4.86. The predicted molar refractivity (Wildman–Crippen MR) is 132 cm³/mol. The molecular formula is C26H22N2O8S. The van der Waals surface area contributed by atoms with Crippen molar-refractivity contribution >= 4 is 40.9 Å². The molecule has 0 aromatic heterocycles. The first kappa shape index (κ1) is 24.4. The van der Waals surface area contributed by atoms with Crippen LogP contribution in [-0.4, -0.2) is 57.1 Å². The smallest absolute Gasteiger partial charge is 0.255 e. The molecule has 1 aliphatic heterocycles. The van der Waals surface area contributed by atoms with E-state index in [1.54, 1.807) is 36.4 Å². The number of nitrogens with two attached hydrogens (primary N) is 1. The number of aliphatic hydroxyl groups excluding tert-OH is 2. The summed E-state index contributed by atoms with van der Waals surface area (Å²) in [6, 6.07) is 9.66. The monoisotopic (exact) mass is 522 g/mol. The van der Waals surface area contributed by atoms with Crippen molar-refractivity contribution in [3.63, 3.8) is 0 Å². The number of phenols is 1. The lowest BCUT2D eigenvalue weighted by molar-refractivity contribution is -0.128. The third-order valence-corrected chi connectivity index (χ3v) is 8.20. The van der Waals surface area contributed by atoms with Gasteiger partial charge in [0.25, 0.3) is 11.8 Å². The van der Waals surface area contributed by atoms with Crippen molar-refractivity contribution in [2.45, 2.75) is 22.6 Å². The topological polar surface area (TPSA) is 176 Å². The summed E-state index contributed by atoms with van der Waals surface area (Å²) < 4.78 is 5.19. The number of hydrogen-bond acceptors (Lipinski definition) is 9. The fourth-order valence-electron chi connectivity index (χ4n) is 5.23. The number of carbonyl (C=O) groups is 4. The Balaban J connectivity index is 1.61. The fourth-order valence-corrected chi connectivity index (χ4v) is 6.71. The SMILES string of the molecule is COc1cc(O)c2c(c1)SC1CC3C(NC(=O)c4ccccc4)C(=O)C(C(N)=O)=C(O)C3C(=O)C1=C2O. The van der Waals surface area contributed by atoms with Gasteiger partial charge in [0.05, 0.1) is 30.2 Å². The Kier molecular flexibility index (Phi) is 5.95. The average Bonchev–Trinajstić information content (AvgIpc) is 2.85. The Bertz CT molecular complexity index is 1430. The van der Waals surface area contributed by atoms with Crippen molar-refractivity contribution in [3.8, 4) is 11.5 Å². The van der Waals surface area contributed by atoms with E-state index in [0.717, 1.165) is 0 Å². The van der Waals surface area contributed by atoms with Gasteiger partial charge in [-0.05, 0) is 24.6 Å². The van der Waals surface area contributed by atoms with Crippen LogP contribution in [0.4, 0.5) is 0 Å². The number of methoxy groups -OCH3 is 1. The number of aromatic hydroxyl groups is 1. The highest BCUT2D eigenvalue weighted by atomic mass is 32.2. The van der Waals surface area contributed by atoms with Gasteiger partial charge in [-0.3, -0.25) is 19.2 Å². The Morgan fingerprint density at radius 1 is 1.08 bits per heavy atom. The van der Waals surface area contributed by atoms with E-state index < -0.39 is 63.6 Å². The zero-order chi connectivity index (χ0) is 26.6. The van der Waals surface area contributed by atoms with Crippen molar-refractivity contribution in [1.82, 2.24) is 5.32 Å². The molecule has 2 aliphatic carbocycles. The lowest BCUT2D eigenvalue weighted by Crippen LogP contribution is -2.58. The zero-order valence-electron chi connectivity index (χ0n) is 19.4. The summed E-state index contributed by atoms with van der Waals surface area (Å²) in [6.45, 7) is 0. The Morgan fingerprint density at radius 2 is 1.78 bits per heavy atom. The molecule has 4 atom stereocenters. The molecular weight excluding hydrogens is 500 g/mol. The molecule has 2 aromatic carbocycles. The molecule has 1 saturated carbocycles. The third kappa shape index (κ3) is 3.82. The maximum Gasteiger partial charge on any atom is 0.255 e. The lowest BCUT2D eigenvalue weighted by atomic mass is 9.65. The third-order valence-electron chi connectivity index (χ3n) is 6.91. The predicted octanol–water partition coefficient (Wildman–Crippen LogP) is 2.03. The molecule has 0 spiro atoms. The van der Waals surface area contributed by atoms with Crippen molar-refractivity contribution in [1.29, 1.82) is 0 Å². The van der Waals surface area contributed by atoms with Crippen LogP contribution in [0.5, 0.6) is 11.5 Å². The first-order valence-electron chi connectivity index (χ1n) is 11.3. The Hall–Kier alpha value is -4.25. The Morgan fingerprint density at radius 3 is 2.43 bits per heavy atom. The number of Topliss-reactive ketones (excluding diaryl/α,β-unsaturated/α-hetero) is 2. The van der Waals surface area contributed by atoms with Crippen molar-refractivity contribution in [2.24, 2.45) is 17.6 Å².